The molecular weight excluding hydrogens is 603 g/mol. The van der Waals surface area contributed by atoms with Gasteiger partial charge in [0.25, 0.3) is 0 Å². The van der Waals surface area contributed by atoms with Crippen LogP contribution in [0.2, 0.25) is 0 Å². The summed E-state index contributed by atoms with van der Waals surface area (Å²) in [6.45, 7) is 3.22. The van der Waals surface area contributed by atoms with Crippen molar-refractivity contribution in [3.8, 4) is 0 Å². The van der Waals surface area contributed by atoms with Crippen molar-refractivity contribution < 1.29 is 8.78 Å². The highest BCUT2D eigenvalue weighted by molar-refractivity contribution is 7.10. The van der Waals surface area contributed by atoms with Crippen LogP contribution in [-0.2, 0) is 13.1 Å². The summed E-state index contributed by atoms with van der Waals surface area (Å²) in [6.07, 6.45) is 0. The van der Waals surface area contributed by atoms with Gasteiger partial charge < -0.3 is 0 Å². The summed E-state index contributed by atoms with van der Waals surface area (Å²) in [4.78, 5) is 6.59. The first-order chi connectivity index (χ1) is 21.7. The number of hydrogen-bond acceptors (Lipinski definition) is 10. The topological polar surface area (TPSA) is 93.7 Å². The molecule has 7 rings (SSSR count). The highest BCUT2D eigenvalue weighted by Gasteiger charge is 2.37. The molecule has 4 aromatic heterocycles. The number of hydrogen-bond donors (Lipinski definition) is 0. The van der Waals surface area contributed by atoms with E-state index in [1.165, 1.54) is 12.1 Å². The average molecular weight is 631 g/mol. The zero-order chi connectivity index (χ0) is 29.9. The molecule has 1 saturated heterocycles. The Morgan fingerprint density at radius 1 is 0.591 bits per heavy atom. The number of tetrazole rings is 2. The number of nitrogens with zero attached hydrogens (tertiary/aromatic N) is 10. The van der Waals surface area contributed by atoms with Crippen LogP contribution in [0.15, 0.2) is 83.6 Å². The summed E-state index contributed by atoms with van der Waals surface area (Å²) < 4.78 is 34.2. The van der Waals surface area contributed by atoms with Gasteiger partial charge in [-0.1, -0.05) is 48.5 Å². The lowest BCUT2D eigenvalue weighted by Gasteiger charge is -2.41. The molecule has 0 aliphatic carbocycles. The van der Waals surface area contributed by atoms with Gasteiger partial charge in [0.15, 0.2) is 11.6 Å². The molecule has 1 fully saturated rings. The zero-order valence-electron chi connectivity index (χ0n) is 23.5. The minimum atomic E-state index is -0.510. The van der Waals surface area contributed by atoms with E-state index in [2.05, 4.69) is 40.9 Å². The molecule has 6 aromatic rings. The molecule has 14 heteroatoms. The normalized spacial score (nSPS) is 15.9. The van der Waals surface area contributed by atoms with Gasteiger partial charge in [-0.2, -0.15) is 0 Å². The molecule has 44 heavy (non-hydrogen) atoms. The van der Waals surface area contributed by atoms with Crippen molar-refractivity contribution in [1.82, 2.24) is 50.2 Å². The first-order valence-corrected chi connectivity index (χ1v) is 16.0. The molecule has 10 nitrogen and oxygen atoms in total. The van der Waals surface area contributed by atoms with Crippen molar-refractivity contribution in [3.63, 3.8) is 0 Å². The minimum absolute atomic E-state index is 0.317. The highest BCUT2D eigenvalue weighted by atomic mass is 32.1. The van der Waals surface area contributed by atoms with Gasteiger partial charge >= 0.3 is 0 Å². The van der Waals surface area contributed by atoms with Crippen LogP contribution >= 0.6 is 22.7 Å². The Hall–Kier alpha value is -4.24. The van der Waals surface area contributed by atoms with E-state index in [9.17, 15) is 0 Å². The summed E-state index contributed by atoms with van der Waals surface area (Å²) in [5.74, 6) is 0.509. The second kappa shape index (κ2) is 12.8. The van der Waals surface area contributed by atoms with Gasteiger partial charge in [-0.15, -0.1) is 32.9 Å². The van der Waals surface area contributed by atoms with E-state index < -0.39 is 12.1 Å². The van der Waals surface area contributed by atoms with Crippen LogP contribution in [0.3, 0.4) is 0 Å². The molecule has 0 N–H and O–H groups in total. The standard InChI is InChI=1S/C30H28F2N10S2/c31-25-11-3-1-9-23(25)27(29-33-35-37-41(29)19-21-7-5-17-43-21)39-13-15-40(16-14-39)28(24-10-2-4-12-26(24)32)30-34-36-38-42(30)20-22-8-6-18-44-22/h1-12,17-18,27-28H,13-16,19-20H2/t27-,28-/m1/s1. The number of halogens is 2. The smallest absolute Gasteiger partial charge is 0.173 e. The van der Waals surface area contributed by atoms with E-state index in [1.807, 2.05) is 47.2 Å². The molecule has 0 saturated carbocycles. The van der Waals surface area contributed by atoms with Crippen LogP contribution in [0.1, 0.15) is 44.6 Å². The molecule has 2 atom stereocenters. The number of rotatable bonds is 10. The third-order valence-electron chi connectivity index (χ3n) is 7.86. The Morgan fingerprint density at radius 3 is 1.41 bits per heavy atom. The molecule has 5 heterocycles. The highest BCUT2D eigenvalue weighted by Crippen LogP contribution is 2.34. The van der Waals surface area contributed by atoms with Crippen molar-refractivity contribution in [2.45, 2.75) is 25.2 Å². The van der Waals surface area contributed by atoms with Crippen molar-refractivity contribution in [1.29, 1.82) is 0 Å². The maximum Gasteiger partial charge on any atom is 0.173 e. The lowest BCUT2D eigenvalue weighted by molar-refractivity contribution is 0.0805. The summed E-state index contributed by atoms with van der Waals surface area (Å²) >= 11 is 3.24. The van der Waals surface area contributed by atoms with E-state index in [4.69, 9.17) is 0 Å². The fourth-order valence-corrected chi connectivity index (χ4v) is 7.16. The Balaban J connectivity index is 1.20. The third kappa shape index (κ3) is 5.80. The van der Waals surface area contributed by atoms with Crippen LogP contribution in [0.25, 0.3) is 0 Å². The van der Waals surface area contributed by atoms with Crippen molar-refractivity contribution in [2.75, 3.05) is 26.2 Å². The van der Waals surface area contributed by atoms with E-state index in [1.54, 1.807) is 56.3 Å². The SMILES string of the molecule is Fc1ccccc1[C@H](c1nnnn1Cc1cccs1)N1CCN([C@H](c2ccccc2F)c2nnnn2Cc2cccs2)CC1. The molecule has 0 bridgehead atoms. The van der Waals surface area contributed by atoms with E-state index >= 15 is 8.78 Å². The van der Waals surface area contributed by atoms with Gasteiger partial charge in [0.1, 0.15) is 23.7 Å². The van der Waals surface area contributed by atoms with Gasteiger partial charge in [0.2, 0.25) is 0 Å². The Morgan fingerprint density at radius 2 is 1.02 bits per heavy atom. The lowest BCUT2D eigenvalue weighted by Crippen LogP contribution is -2.50. The lowest BCUT2D eigenvalue weighted by atomic mass is 10.00. The number of thiophene rings is 2. The summed E-state index contributed by atoms with van der Waals surface area (Å²) in [5, 5.41) is 29.3. The quantitative estimate of drug-likeness (QED) is 0.216. The largest absolute Gasteiger partial charge is 0.287 e. The number of piperazine rings is 1. The Labute approximate surface area is 260 Å². The minimum Gasteiger partial charge on any atom is -0.287 e. The van der Waals surface area contributed by atoms with Crippen LogP contribution in [0, 0.1) is 11.6 Å². The number of aromatic nitrogens is 8. The zero-order valence-corrected chi connectivity index (χ0v) is 25.2. The average Bonchev–Trinajstić information content (AvgIpc) is 3.88. The Bertz CT molecular complexity index is 1660. The number of benzene rings is 2. The van der Waals surface area contributed by atoms with Gasteiger partial charge in [0.05, 0.1) is 13.1 Å². The van der Waals surface area contributed by atoms with Crippen molar-refractivity contribution in [2.24, 2.45) is 0 Å². The second-order valence-corrected chi connectivity index (χ2v) is 12.5. The van der Waals surface area contributed by atoms with E-state index in [0.717, 1.165) is 9.75 Å². The first-order valence-electron chi connectivity index (χ1n) is 14.2. The predicted octanol–water partition coefficient (Wildman–Crippen LogP) is 4.65. The van der Waals surface area contributed by atoms with Gasteiger partial charge in [-0.05, 0) is 55.9 Å². The molecule has 224 valence electrons. The maximum atomic E-state index is 15.4. The van der Waals surface area contributed by atoms with Crippen molar-refractivity contribution in [3.05, 3.63) is 128 Å². The molecule has 1 aliphatic heterocycles. The van der Waals surface area contributed by atoms with Gasteiger partial charge in [0, 0.05) is 47.1 Å². The molecule has 2 aromatic carbocycles. The summed E-state index contributed by atoms with van der Waals surface area (Å²) in [7, 11) is 0. The monoisotopic (exact) mass is 630 g/mol. The first kappa shape index (κ1) is 28.5. The molecule has 1 aliphatic rings. The maximum absolute atomic E-state index is 15.4. The fourth-order valence-electron chi connectivity index (χ4n) is 5.79. The Kier molecular flexibility index (Phi) is 8.29. The molecule has 0 radical (unpaired) electrons. The fraction of sp³-hybridized carbons (Fsp3) is 0.267. The van der Waals surface area contributed by atoms with Crippen molar-refractivity contribution >= 4 is 22.7 Å². The van der Waals surface area contributed by atoms with Gasteiger partial charge in [-0.3, -0.25) is 9.80 Å². The van der Waals surface area contributed by atoms with E-state index in [-0.39, 0.29) is 11.6 Å². The van der Waals surface area contributed by atoms with E-state index in [0.29, 0.717) is 62.0 Å². The predicted molar refractivity (Wildman–Crippen MR) is 162 cm³/mol. The van der Waals surface area contributed by atoms with Crippen LogP contribution < -0.4 is 0 Å². The summed E-state index contributed by atoms with van der Waals surface area (Å²) in [6, 6.07) is 20.5. The van der Waals surface area contributed by atoms with Crippen LogP contribution in [-0.4, -0.2) is 76.4 Å². The van der Waals surface area contributed by atoms with Gasteiger partial charge in [-0.25, -0.2) is 18.1 Å². The third-order valence-corrected chi connectivity index (χ3v) is 9.58. The molecule has 0 amide bonds. The van der Waals surface area contributed by atoms with Crippen LogP contribution in [0.4, 0.5) is 8.78 Å². The van der Waals surface area contributed by atoms with Crippen LogP contribution in [0.5, 0.6) is 0 Å². The summed E-state index contributed by atoms with van der Waals surface area (Å²) in [5.41, 5.74) is 1.02. The molecular formula is C30H28F2N10S2. The molecule has 0 spiro atoms. The molecule has 0 unspecified atom stereocenters. The second-order valence-electron chi connectivity index (χ2n) is 10.5.